The van der Waals surface area contributed by atoms with E-state index in [0.29, 0.717) is 6.54 Å². The van der Waals surface area contributed by atoms with E-state index in [1.165, 1.54) is 31.4 Å². The second-order valence-corrected chi connectivity index (χ2v) is 4.85. The van der Waals surface area contributed by atoms with Gasteiger partial charge in [-0.3, -0.25) is 4.98 Å². The summed E-state index contributed by atoms with van der Waals surface area (Å²) in [6.45, 7) is 9.32. The van der Waals surface area contributed by atoms with Crippen LogP contribution in [-0.4, -0.2) is 18.1 Å². The minimum absolute atomic E-state index is 0.567. The van der Waals surface area contributed by atoms with E-state index in [1.54, 1.807) is 0 Å². The highest BCUT2D eigenvalue weighted by molar-refractivity contribution is 5.53. The quantitative estimate of drug-likeness (QED) is 0.769. The Morgan fingerprint density at radius 2 is 1.78 bits per heavy atom. The first-order chi connectivity index (χ1) is 8.72. The molecule has 2 N–H and O–H groups in total. The molecule has 0 saturated heterocycles. The topological polar surface area (TPSA) is 42.2 Å². The second kappa shape index (κ2) is 8.09. The molecule has 1 heterocycles. The van der Waals surface area contributed by atoms with Gasteiger partial charge in [-0.15, -0.1) is 0 Å². The van der Waals surface area contributed by atoms with Gasteiger partial charge >= 0.3 is 0 Å². The number of nitrogens with two attached hydrogens (primary N) is 1. The maximum atomic E-state index is 5.83. The van der Waals surface area contributed by atoms with Crippen LogP contribution in [0.15, 0.2) is 12.3 Å². The van der Waals surface area contributed by atoms with Crippen molar-refractivity contribution in [1.82, 2.24) is 4.98 Å². The Morgan fingerprint density at radius 3 is 2.28 bits per heavy atom. The summed E-state index contributed by atoms with van der Waals surface area (Å²) in [6.07, 6.45) is 6.84. The van der Waals surface area contributed by atoms with Gasteiger partial charge in [0.2, 0.25) is 0 Å². The molecule has 1 aromatic heterocycles. The highest BCUT2D eigenvalue weighted by Gasteiger charge is 2.10. The van der Waals surface area contributed by atoms with E-state index in [-0.39, 0.29) is 0 Å². The van der Waals surface area contributed by atoms with E-state index in [2.05, 4.69) is 29.8 Å². The average Bonchev–Trinajstić information content (AvgIpc) is 2.39. The molecule has 0 amide bonds. The minimum atomic E-state index is 0.567. The van der Waals surface area contributed by atoms with Crippen molar-refractivity contribution in [2.75, 3.05) is 18.0 Å². The van der Waals surface area contributed by atoms with E-state index in [4.69, 9.17) is 5.73 Å². The van der Waals surface area contributed by atoms with Crippen molar-refractivity contribution in [2.24, 2.45) is 5.73 Å². The Hall–Kier alpha value is -1.09. The summed E-state index contributed by atoms with van der Waals surface area (Å²) in [7, 11) is 0. The fourth-order valence-electron chi connectivity index (χ4n) is 2.08. The van der Waals surface area contributed by atoms with Crippen LogP contribution in [0.5, 0.6) is 0 Å². The van der Waals surface area contributed by atoms with Gasteiger partial charge in [0.15, 0.2) is 0 Å². The first-order valence-electron chi connectivity index (χ1n) is 7.13. The molecular weight excluding hydrogens is 222 g/mol. The van der Waals surface area contributed by atoms with Crippen molar-refractivity contribution in [1.29, 1.82) is 0 Å². The van der Waals surface area contributed by atoms with Crippen molar-refractivity contribution in [2.45, 2.75) is 53.0 Å². The predicted molar refractivity (Wildman–Crippen MR) is 78.9 cm³/mol. The highest BCUT2D eigenvalue weighted by atomic mass is 15.1. The number of pyridine rings is 1. The van der Waals surface area contributed by atoms with Gasteiger partial charge in [-0.05, 0) is 25.8 Å². The van der Waals surface area contributed by atoms with Crippen LogP contribution in [0.25, 0.3) is 0 Å². The van der Waals surface area contributed by atoms with Crippen LogP contribution < -0.4 is 10.6 Å². The van der Waals surface area contributed by atoms with Crippen LogP contribution in [0.2, 0.25) is 0 Å². The molecule has 1 aromatic rings. The molecule has 0 aliphatic heterocycles. The summed E-state index contributed by atoms with van der Waals surface area (Å²) in [6, 6.07) is 2.17. The van der Waals surface area contributed by atoms with Gasteiger partial charge in [0.25, 0.3) is 0 Å². The molecule has 0 saturated carbocycles. The molecule has 0 aliphatic carbocycles. The molecule has 102 valence electrons. The van der Waals surface area contributed by atoms with Crippen molar-refractivity contribution in [3.05, 3.63) is 23.5 Å². The van der Waals surface area contributed by atoms with Crippen molar-refractivity contribution in [3.8, 4) is 0 Å². The molecular formula is C15H27N3. The standard InChI is InChI=1S/C15H27N3/c1-4-6-8-18(9-7-5-2)15-10-13(3)17-12-14(15)11-16/h10,12H,4-9,11,16H2,1-3H3. The van der Waals surface area contributed by atoms with Crippen molar-refractivity contribution >= 4 is 5.69 Å². The fourth-order valence-corrected chi connectivity index (χ4v) is 2.08. The SMILES string of the molecule is CCCCN(CCCC)c1cc(C)ncc1CN. The number of rotatable bonds is 8. The summed E-state index contributed by atoms with van der Waals surface area (Å²) in [4.78, 5) is 6.82. The molecule has 18 heavy (non-hydrogen) atoms. The summed E-state index contributed by atoms with van der Waals surface area (Å²) in [5.41, 5.74) is 9.34. The number of nitrogens with zero attached hydrogens (tertiary/aromatic N) is 2. The average molecular weight is 249 g/mol. The van der Waals surface area contributed by atoms with Gasteiger partial charge in [0.1, 0.15) is 0 Å². The number of aryl methyl sites for hydroxylation is 1. The van der Waals surface area contributed by atoms with Crippen LogP contribution in [0.4, 0.5) is 5.69 Å². The van der Waals surface area contributed by atoms with Gasteiger partial charge in [-0.2, -0.15) is 0 Å². The zero-order chi connectivity index (χ0) is 13.4. The Balaban J connectivity index is 2.90. The third-order valence-electron chi connectivity index (χ3n) is 3.22. The van der Waals surface area contributed by atoms with Gasteiger partial charge < -0.3 is 10.6 Å². The molecule has 0 spiro atoms. The minimum Gasteiger partial charge on any atom is -0.371 e. The number of hydrogen-bond donors (Lipinski definition) is 1. The molecule has 0 unspecified atom stereocenters. The fraction of sp³-hybridized carbons (Fsp3) is 0.667. The largest absolute Gasteiger partial charge is 0.371 e. The molecule has 0 radical (unpaired) electrons. The third-order valence-corrected chi connectivity index (χ3v) is 3.22. The van der Waals surface area contributed by atoms with E-state index in [0.717, 1.165) is 24.3 Å². The molecule has 0 fully saturated rings. The molecule has 0 bridgehead atoms. The monoisotopic (exact) mass is 249 g/mol. The summed E-state index contributed by atoms with van der Waals surface area (Å²) < 4.78 is 0. The van der Waals surface area contributed by atoms with Gasteiger partial charge in [0, 0.05) is 42.8 Å². The highest BCUT2D eigenvalue weighted by Crippen LogP contribution is 2.21. The van der Waals surface area contributed by atoms with Crippen molar-refractivity contribution < 1.29 is 0 Å². The number of anilines is 1. The van der Waals surface area contributed by atoms with Crippen LogP contribution in [0.3, 0.4) is 0 Å². The lowest BCUT2D eigenvalue weighted by Gasteiger charge is -2.27. The summed E-state index contributed by atoms with van der Waals surface area (Å²) >= 11 is 0. The normalized spacial score (nSPS) is 10.7. The summed E-state index contributed by atoms with van der Waals surface area (Å²) in [5, 5.41) is 0. The van der Waals surface area contributed by atoms with Crippen LogP contribution >= 0.6 is 0 Å². The Kier molecular flexibility index (Phi) is 6.73. The van der Waals surface area contributed by atoms with Gasteiger partial charge in [-0.1, -0.05) is 26.7 Å². The maximum absolute atomic E-state index is 5.83. The Bertz CT molecular complexity index is 342. The zero-order valence-electron chi connectivity index (χ0n) is 12.1. The van der Waals surface area contributed by atoms with Crippen LogP contribution in [0, 0.1) is 6.92 Å². The summed E-state index contributed by atoms with van der Waals surface area (Å²) in [5.74, 6) is 0. The van der Waals surface area contributed by atoms with Gasteiger partial charge in [-0.25, -0.2) is 0 Å². The van der Waals surface area contributed by atoms with Crippen LogP contribution in [0.1, 0.15) is 50.8 Å². The first-order valence-corrected chi connectivity index (χ1v) is 7.13. The van der Waals surface area contributed by atoms with E-state index < -0.39 is 0 Å². The van der Waals surface area contributed by atoms with E-state index in [1.807, 2.05) is 13.1 Å². The number of unbranched alkanes of at least 4 members (excludes halogenated alkanes) is 2. The Labute approximate surface area is 111 Å². The van der Waals surface area contributed by atoms with Gasteiger partial charge in [0.05, 0.1) is 0 Å². The lowest BCUT2D eigenvalue weighted by atomic mass is 10.1. The van der Waals surface area contributed by atoms with Crippen LogP contribution in [-0.2, 0) is 6.54 Å². The lowest BCUT2D eigenvalue weighted by molar-refractivity contribution is 0.674. The maximum Gasteiger partial charge on any atom is 0.0445 e. The number of aromatic nitrogens is 1. The van der Waals surface area contributed by atoms with E-state index >= 15 is 0 Å². The molecule has 3 nitrogen and oxygen atoms in total. The zero-order valence-corrected chi connectivity index (χ0v) is 12.1. The Morgan fingerprint density at radius 1 is 1.17 bits per heavy atom. The molecule has 1 rings (SSSR count). The second-order valence-electron chi connectivity index (χ2n) is 4.85. The van der Waals surface area contributed by atoms with Crippen molar-refractivity contribution in [3.63, 3.8) is 0 Å². The lowest BCUT2D eigenvalue weighted by Crippen LogP contribution is -2.27. The first kappa shape index (κ1) is 15.0. The molecule has 0 atom stereocenters. The third kappa shape index (κ3) is 4.30. The number of hydrogen-bond acceptors (Lipinski definition) is 3. The molecule has 0 aromatic carbocycles. The van der Waals surface area contributed by atoms with E-state index in [9.17, 15) is 0 Å². The molecule has 3 heteroatoms. The predicted octanol–water partition coefficient (Wildman–Crippen LogP) is 3.26. The smallest absolute Gasteiger partial charge is 0.0445 e. The molecule has 0 aliphatic rings.